The van der Waals surface area contributed by atoms with Crippen LogP contribution in [-0.2, 0) is 9.47 Å². The molecule has 0 saturated carbocycles. The molecule has 0 radical (unpaired) electrons. The summed E-state index contributed by atoms with van der Waals surface area (Å²) in [5.41, 5.74) is 1.06. The number of rotatable bonds is 10. The van der Waals surface area contributed by atoms with Crippen LogP contribution in [-0.4, -0.2) is 40.0 Å². The monoisotopic (exact) mass is 262 g/mol. The van der Waals surface area contributed by atoms with Crippen LogP contribution in [0.15, 0.2) is 30.3 Å². The van der Waals surface area contributed by atoms with E-state index in [1.165, 1.54) is 0 Å². The first-order valence-corrected chi connectivity index (χ1v) is 6.60. The van der Waals surface area contributed by atoms with Crippen LogP contribution in [0.1, 0.15) is 17.9 Å². The minimum Gasteiger partial charge on any atom is -0.382 e. The molecule has 0 amide bonds. The maximum absolute atomic E-state index is 9.15. The molecule has 0 bridgehead atoms. The molecule has 1 unspecified atom stereocenters. The molecule has 0 fully saturated rings. The van der Waals surface area contributed by atoms with Gasteiger partial charge < -0.3 is 14.8 Å². The Labute approximate surface area is 115 Å². The number of hydrogen-bond donors (Lipinski definition) is 1. The Morgan fingerprint density at radius 3 is 2.68 bits per heavy atom. The molecule has 4 heteroatoms. The van der Waals surface area contributed by atoms with E-state index in [4.69, 9.17) is 14.7 Å². The highest BCUT2D eigenvalue weighted by Gasteiger charge is 2.08. The van der Waals surface area contributed by atoms with Gasteiger partial charge >= 0.3 is 0 Å². The first kappa shape index (κ1) is 15.6. The molecule has 19 heavy (non-hydrogen) atoms. The van der Waals surface area contributed by atoms with Crippen LogP contribution in [0, 0.1) is 11.3 Å². The molecule has 1 N–H and O–H groups in total. The van der Waals surface area contributed by atoms with Gasteiger partial charge in [-0.15, -0.1) is 0 Å². The lowest BCUT2D eigenvalue weighted by Gasteiger charge is -2.10. The van der Waals surface area contributed by atoms with Crippen LogP contribution in [0.5, 0.6) is 0 Å². The Hall–Kier alpha value is -1.41. The predicted molar refractivity (Wildman–Crippen MR) is 75.0 cm³/mol. The van der Waals surface area contributed by atoms with Crippen LogP contribution >= 0.6 is 0 Å². The van der Waals surface area contributed by atoms with E-state index < -0.39 is 0 Å². The Morgan fingerprint density at radius 2 is 2.00 bits per heavy atom. The van der Waals surface area contributed by atoms with Gasteiger partial charge in [0, 0.05) is 20.3 Å². The summed E-state index contributed by atoms with van der Waals surface area (Å²) >= 11 is 0. The highest BCUT2D eigenvalue weighted by atomic mass is 16.5. The first-order chi connectivity index (χ1) is 9.38. The van der Waals surface area contributed by atoms with Gasteiger partial charge in [0.15, 0.2) is 0 Å². The minimum atomic E-state index is -0.0874. The van der Waals surface area contributed by atoms with Gasteiger partial charge in [0.2, 0.25) is 0 Å². The SMILES string of the molecule is COCCOCCCNCC(C#N)c1ccccc1. The van der Waals surface area contributed by atoms with Crippen molar-refractivity contribution in [1.82, 2.24) is 5.32 Å². The van der Waals surface area contributed by atoms with E-state index in [9.17, 15) is 0 Å². The van der Waals surface area contributed by atoms with Crippen LogP contribution in [0.3, 0.4) is 0 Å². The van der Waals surface area contributed by atoms with E-state index in [1.807, 2.05) is 30.3 Å². The second kappa shape index (κ2) is 10.5. The molecule has 1 aromatic rings. The van der Waals surface area contributed by atoms with Crippen LogP contribution < -0.4 is 5.32 Å². The van der Waals surface area contributed by atoms with Crippen LogP contribution in [0.25, 0.3) is 0 Å². The lowest BCUT2D eigenvalue weighted by molar-refractivity contribution is 0.0695. The van der Waals surface area contributed by atoms with E-state index in [0.29, 0.717) is 19.8 Å². The lowest BCUT2D eigenvalue weighted by Crippen LogP contribution is -2.23. The van der Waals surface area contributed by atoms with Crippen molar-refractivity contribution in [3.8, 4) is 6.07 Å². The van der Waals surface area contributed by atoms with Crippen molar-refractivity contribution in [2.45, 2.75) is 12.3 Å². The molecule has 1 atom stereocenters. The Bertz CT molecular complexity index is 362. The minimum absolute atomic E-state index is 0.0874. The van der Waals surface area contributed by atoms with E-state index in [-0.39, 0.29) is 5.92 Å². The Balaban J connectivity index is 2.09. The third-order valence-corrected chi connectivity index (χ3v) is 2.78. The molecule has 1 rings (SSSR count). The lowest BCUT2D eigenvalue weighted by atomic mass is 10.0. The van der Waals surface area contributed by atoms with Crippen molar-refractivity contribution < 1.29 is 9.47 Å². The van der Waals surface area contributed by atoms with E-state index in [0.717, 1.165) is 25.1 Å². The molecule has 0 aromatic heterocycles. The number of benzene rings is 1. The number of methoxy groups -OCH3 is 1. The van der Waals surface area contributed by atoms with Gasteiger partial charge in [-0.05, 0) is 18.5 Å². The summed E-state index contributed by atoms with van der Waals surface area (Å²) in [7, 11) is 1.66. The summed E-state index contributed by atoms with van der Waals surface area (Å²) in [4.78, 5) is 0. The number of nitrogens with one attached hydrogen (secondary N) is 1. The third-order valence-electron chi connectivity index (χ3n) is 2.78. The summed E-state index contributed by atoms with van der Waals surface area (Å²) in [5, 5.41) is 12.4. The smallest absolute Gasteiger partial charge is 0.0837 e. The molecular formula is C15H22N2O2. The van der Waals surface area contributed by atoms with Crippen molar-refractivity contribution in [2.24, 2.45) is 0 Å². The zero-order valence-corrected chi connectivity index (χ0v) is 11.5. The Morgan fingerprint density at radius 1 is 1.21 bits per heavy atom. The average Bonchev–Trinajstić information content (AvgIpc) is 2.47. The van der Waals surface area contributed by atoms with Crippen LogP contribution in [0.4, 0.5) is 0 Å². The van der Waals surface area contributed by atoms with E-state index in [1.54, 1.807) is 7.11 Å². The predicted octanol–water partition coefficient (Wildman–Crippen LogP) is 1.94. The van der Waals surface area contributed by atoms with Gasteiger partial charge in [-0.1, -0.05) is 30.3 Å². The third kappa shape index (κ3) is 6.92. The molecule has 0 heterocycles. The molecule has 0 aliphatic rings. The molecule has 0 saturated heterocycles. The molecule has 0 aliphatic carbocycles. The zero-order chi connectivity index (χ0) is 13.8. The zero-order valence-electron chi connectivity index (χ0n) is 11.5. The van der Waals surface area contributed by atoms with E-state index in [2.05, 4.69) is 11.4 Å². The fourth-order valence-corrected chi connectivity index (χ4v) is 1.71. The van der Waals surface area contributed by atoms with Crippen LogP contribution in [0.2, 0.25) is 0 Å². The molecule has 0 aliphatic heterocycles. The van der Waals surface area contributed by atoms with Crippen molar-refractivity contribution in [3.63, 3.8) is 0 Å². The average molecular weight is 262 g/mol. The fourth-order valence-electron chi connectivity index (χ4n) is 1.71. The van der Waals surface area contributed by atoms with Gasteiger partial charge in [-0.2, -0.15) is 5.26 Å². The van der Waals surface area contributed by atoms with Gasteiger partial charge in [0.05, 0.1) is 25.2 Å². The van der Waals surface area contributed by atoms with Crippen molar-refractivity contribution in [2.75, 3.05) is 40.0 Å². The molecular weight excluding hydrogens is 240 g/mol. The first-order valence-electron chi connectivity index (χ1n) is 6.60. The number of nitrogens with zero attached hydrogens (tertiary/aromatic N) is 1. The summed E-state index contributed by atoms with van der Waals surface area (Å²) in [5.74, 6) is -0.0874. The second-order valence-electron chi connectivity index (χ2n) is 4.26. The van der Waals surface area contributed by atoms with Crippen molar-refractivity contribution >= 4 is 0 Å². The van der Waals surface area contributed by atoms with Gasteiger partial charge in [-0.3, -0.25) is 0 Å². The summed E-state index contributed by atoms with van der Waals surface area (Å²) in [6.45, 7) is 3.54. The highest BCUT2D eigenvalue weighted by molar-refractivity contribution is 5.24. The van der Waals surface area contributed by atoms with Crippen molar-refractivity contribution in [3.05, 3.63) is 35.9 Å². The van der Waals surface area contributed by atoms with Gasteiger partial charge in [0.1, 0.15) is 0 Å². The topological polar surface area (TPSA) is 54.3 Å². The standard InChI is InChI=1S/C15H22N2O2/c1-18-10-11-19-9-5-8-17-13-15(12-16)14-6-3-2-4-7-14/h2-4,6-7,15,17H,5,8-11,13H2,1H3. The normalized spacial score (nSPS) is 12.0. The molecule has 1 aromatic carbocycles. The van der Waals surface area contributed by atoms with Crippen molar-refractivity contribution in [1.29, 1.82) is 5.26 Å². The van der Waals surface area contributed by atoms with Gasteiger partial charge in [0.25, 0.3) is 0 Å². The summed E-state index contributed by atoms with van der Waals surface area (Å²) in [6, 6.07) is 12.2. The largest absolute Gasteiger partial charge is 0.382 e. The molecule has 0 spiro atoms. The maximum atomic E-state index is 9.15. The molecule has 104 valence electrons. The fraction of sp³-hybridized carbons (Fsp3) is 0.533. The number of hydrogen-bond acceptors (Lipinski definition) is 4. The highest BCUT2D eigenvalue weighted by Crippen LogP contribution is 2.12. The summed E-state index contributed by atoms with van der Waals surface area (Å²) < 4.78 is 10.2. The van der Waals surface area contributed by atoms with E-state index >= 15 is 0 Å². The second-order valence-corrected chi connectivity index (χ2v) is 4.26. The Kier molecular flexibility index (Phi) is 8.65. The number of ether oxygens (including phenoxy) is 2. The van der Waals surface area contributed by atoms with Gasteiger partial charge in [-0.25, -0.2) is 0 Å². The summed E-state index contributed by atoms with van der Waals surface area (Å²) in [6.07, 6.45) is 0.941. The maximum Gasteiger partial charge on any atom is 0.0837 e. The quantitative estimate of drug-likeness (QED) is 0.655. The number of nitriles is 1. The molecule has 4 nitrogen and oxygen atoms in total.